The highest BCUT2D eigenvalue weighted by Crippen LogP contribution is 2.34. The van der Waals surface area contributed by atoms with Gasteiger partial charge in [-0.05, 0) is 31.2 Å². The summed E-state index contributed by atoms with van der Waals surface area (Å²) in [7, 11) is 0. The molecule has 0 aliphatic carbocycles. The van der Waals surface area contributed by atoms with Crippen LogP contribution in [0.5, 0.6) is 11.6 Å². The molecule has 1 aliphatic heterocycles. The maximum atomic E-state index is 12.8. The number of aromatic nitrogens is 5. The number of nitrogens with zero attached hydrogens (tertiary/aromatic N) is 4. The topological polar surface area (TPSA) is 110 Å². The Kier molecular flexibility index (Phi) is 4.70. The molecule has 0 saturated heterocycles. The monoisotopic (exact) mass is 437 g/mol. The number of rotatable bonds is 3. The fourth-order valence-electron chi connectivity index (χ4n) is 3.84. The fourth-order valence-corrected chi connectivity index (χ4v) is 3.84. The van der Waals surface area contributed by atoms with E-state index in [0.717, 1.165) is 27.9 Å². The van der Waals surface area contributed by atoms with Gasteiger partial charge in [0.25, 0.3) is 0 Å². The largest absolute Gasteiger partial charge is 0.439 e. The zero-order valence-corrected chi connectivity index (χ0v) is 18.4. The van der Waals surface area contributed by atoms with Crippen LogP contribution >= 0.6 is 0 Å². The first kappa shape index (κ1) is 20.2. The van der Waals surface area contributed by atoms with E-state index in [1.807, 2.05) is 30.3 Å². The number of benzene rings is 1. The SMILES string of the molecule is CC1NCc2ncnc(Oc3ccc4c(ccn4C(=O)Nc4cc(C(C)(C)C)[nH]n4)c3)c21.[HH].[HH].[HH]. The summed E-state index contributed by atoms with van der Waals surface area (Å²) < 4.78 is 7.64. The minimum absolute atomic E-state index is 0. The summed E-state index contributed by atoms with van der Waals surface area (Å²) in [6, 6.07) is 9.17. The second kappa shape index (κ2) is 7.45. The van der Waals surface area contributed by atoms with Gasteiger partial charge in [-0.15, -0.1) is 0 Å². The molecule has 9 heteroatoms. The number of H-pyrrole nitrogens is 1. The molecule has 5 rings (SSSR count). The first-order chi connectivity index (χ1) is 15.3. The number of anilines is 1. The molecule has 9 nitrogen and oxygen atoms in total. The van der Waals surface area contributed by atoms with Crippen LogP contribution in [0.2, 0.25) is 0 Å². The summed E-state index contributed by atoms with van der Waals surface area (Å²) >= 11 is 0. The molecule has 0 radical (unpaired) electrons. The zero-order chi connectivity index (χ0) is 22.5. The maximum Gasteiger partial charge on any atom is 0.331 e. The first-order valence-corrected chi connectivity index (χ1v) is 10.5. The fraction of sp³-hybridized carbons (Fsp3) is 0.304. The summed E-state index contributed by atoms with van der Waals surface area (Å²) in [6.45, 7) is 9.02. The number of hydrogen-bond donors (Lipinski definition) is 3. The van der Waals surface area contributed by atoms with Gasteiger partial charge in [-0.1, -0.05) is 20.8 Å². The number of ether oxygens (including phenoxy) is 1. The van der Waals surface area contributed by atoms with E-state index in [-0.39, 0.29) is 21.8 Å². The van der Waals surface area contributed by atoms with Crippen molar-refractivity contribution in [2.75, 3.05) is 5.32 Å². The van der Waals surface area contributed by atoms with Crippen LogP contribution in [0, 0.1) is 0 Å². The van der Waals surface area contributed by atoms with E-state index in [2.05, 4.69) is 58.5 Å². The van der Waals surface area contributed by atoms with E-state index in [9.17, 15) is 4.79 Å². The van der Waals surface area contributed by atoms with E-state index < -0.39 is 0 Å². The third-order valence-corrected chi connectivity index (χ3v) is 5.65. The van der Waals surface area contributed by atoms with Crippen LogP contribution in [-0.4, -0.2) is 30.8 Å². The molecule has 170 valence electrons. The van der Waals surface area contributed by atoms with E-state index in [0.29, 0.717) is 24.0 Å². The second-order valence-electron chi connectivity index (χ2n) is 9.00. The minimum Gasteiger partial charge on any atom is -0.439 e. The summed E-state index contributed by atoms with van der Waals surface area (Å²) in [5, 5.41) is 14.3. The Balaban J connectivity index is 0.00000144. The molecule has 1 aromatic carbocycles. The van der Waals surface area contributed by atoms with Gasteiger partial charge in [-0.3, -0.25) is 15.0 Å². The summed E-state index contributed by atoms with van der Waals surface area (Å²) in [6.07, 6.45) is 3.25. The van der Waals surface area contributed by atoms with Crippen LogP contribution in [-0.2, 0) is 12.0 Å². The van der Waals surface area contributed by atoms with Gasteiger partial charge >= 0.3 is 6.03 Å². The number of carbonyl (C=O) groups excluding carboxylic acids is 1. The molecule has 1 unspecified atom stereocenters. The third kappa shape index (κ3) is 3.60. The smallest absolute Gasteiger partial charge is 0.331 e. The molecular weight excluding hydrogens is 406 g/mol. The molecule has 0 fully saturated rings. The Morgan fingerprint density at radius 1 is 1.25 bits per heavy atom. The number of fused-ring (bicyclic) bond motifs is 2. The number of carbonyl (C=O) groups is 1. The normalized spacial score (nSPS) is 15.7. The Labute approximate surface area is 189 Å². The predicted octanol–water partition coefficient (Wildman–Crippen LogP) is 5.23. The predicted molar refractivity (Wildman–Crippen MR) is 127 cm³/mol. The van der Waals surface area contributed by atoms with Crippen LogP contribution in [0.25, 0.3) is 10.9 Å². The Morgan fingerprint density at radius 2 is 2.09 bits per heavy atom. The molecule has 3 N–H and O–H groups in total. The lowest BCUT2D eigenvalue weighted by atomic mass is 9.92. The van der Waals surface area contributed by atoms with Gasteiger partial charge in [0.2, 0.25) is 5.88 Å². The highest BCUT2D eigenvalue weighted by Gasteiger charge is 2.25. The van der Waals surface area contributed by atoms with Crippen molar-refractivity contribution in [1.82, 2.24) is 30.0 Å². The van der Waals surface area contributed by atoms with Gasteiger partial charge in [0.15, 0.2) is 5.82 Å². The average Bonchev–Trinajstić information content (AvgIpc) is 3.46. The Bertz CT molecular complexity index is 1330. The van der Waals surface area contributed by atoms with Crippen molar-refractivity contribution in [3.05, 3.63) is 59.8 Å². The molecule has 3 aromatic heterocycles. The van der Waals surface area contributed by atoms with E-state index in [4.69, 9.17) is 4.74 Å². The molecule has 32 heavy (non-hydrogen) atoms. The van der Waals surface area contributed by atoms with Gasteiger partial charge < -0.3 is 10.1 Å². The Morgan fingerprint density at radius 3 is 2.88 bits per heavy atom. The van der Waals surface area contributed by atoms with Gasteiger partial charge in [0.1, 0.15) is 12.1 Å². The lowest BCUT2D eigenvalue weighted by Crippen LogP contribution is -2.18. The molecule has 0 bridgehead atoms. The Hall–Kier alpha value is -3.72. The van der Waals surface area contributed by atoms with Crippen molar-refractivity contribution in [1.29, 1.82) is 0 Å². The summed E-state index contributed by atoms with van der Waals surface area (Å²) in [4.78, 5) is 21.5. The van der Waals surface area contributed by atoms with Crippen molar-refractivity contribution >= 4 is 22.8 Å². The average molecular weight is 438 g/mol. The van der Waals surface area contributed by atoms with Crippen LogP contribution in [0.4, 0.5) is 10.6 Å². The number of hydrogen-bond acceptors (Lipinski definition) is 6. The zero-order valence-electron chi connectivity index (χ0n) is 18.4. The van der Waals surface area contributed by atoms with Crippen LogP contribution in [0.3, 0.4) is 0 Å². The molecule has 1 amide bonds. The van der Waals surface area contributed by atoms with Crippen molar-refractivity contribution in [2.45, 2.75) is 45.7 Å². The van der Waals surface area contributed by atoms with Crippen LogP contribution in [0.15, 0.2) is 42.9 Å². The van der Waals surface area contributed by atoms with Crippen LogP contribution in [0.1, 0.15) is 55.0 Å². The molecular formula is C23H31N7O2. The van der Waals surface area contributed by atoms with Crippen LogP contribution < -0.4 is 15.4 Å². The van der Waals surface area contributed by atoms with E-state index in [1.54, 1.807) is 10.8 Å². The lowest BCUT2D eigenvalue weighted by molar-refractivity contribution is 0.254. The summed E-state index contributed by atoms with van der Waals surface area (Å²) in [5.74, 6) is 1.69. The van der Waals surface area contributed by atoms with Gasteiger partial charge in [0, 0.05) is 45.6 Å². The van der Waals surface area contributed by atoms with E-state index in [1.165, 1.54) is 6.33 Å². The van der Waals surface area contributed by atoms with Crippen molar-refractivity contribution in [3.63, 3.8) is 0 Å². The van der Waals surface area contributed by atoms with Gasteiger partial charge in [0.05, 0.1) is 16.8 Å². The number of aromatic amines is 1. The van der Waals surface area contributed by atoms with Crippen molar-refractivity contribution < 1.29 is 13.8 Å². The number of amides is 1. The highest BCUT2D eigenvalue weighted by atomic mass is 16.5. The molecule has 4 heterocycles. The third-order valence-electron chi connectivity index (χ3n) is 5.65. The standard InChI is InChI=1S/C23H25N7O2.3H2/c1-13-20-16(11-24-13)25-12-26-21(20)32-15-5-6-17-14(9-15)7-8-30(17)22(31)27-19-10-18(28-29-19)23(2,3)4;;;/h5-10,12-13,24H,11H2,1-4H3,(H2,27,28,29,31);3*1H. The van der Waals surface area contributed by atoms with Crippen molar-refractivity contribution in [2.24, 2.45) is 0 Å². The molecule has 1 aliphatic rings. The minimum atomic E-state index is -0.283. The van der Waals surface area contributed by atoms with Gasteiger partial charge in [-0.2, -0.15) is 5.10 Å². The number of nitrogens with one attached hydrogen (secondary N) is 3. The molecule has 4 aromatic rings. The highest BCUT2D eigenvalue weighted by molar-refractivity contribution is 5.98. The lowest BCUT2D eigenvalue weighted by Gasteiger charge is -2.14. The van der Waals surface area contributed by atoms with E-state index >= 15 is 0 Å². The first-order valence-electron chi connectivity index (χ1n) is 10.5. The quantitative estimate of drug-likeness (QED) is 0.405. The van der Waals surface area contributed by atoms with Crippen molar-refractivity contribution in [3.8, 4) is 11.6 Å². The molecule has 1 atom stereocenters. The van der Waals surface area contributed by atoms with Gasteiger partial charge in [-0.25, -0.2) is 14.8 Å². The second-order valence-corrected chi connectivity index (χ2v) is 9.00. The summed E-state index contributed by atoms with van der Waals surface area (Å²) in [5.41, 5.74) is 3.58. The molecule has 0 spiro atoms. The maximum absolute atomic E-state index is 12.8. The molecule has 0 saturated carbocycles.